The lowest BCUT2D eigenvalue weighted by molar-refractivity contribution is -0.125. The third kappa shape index (κ3) is 4.18. The molecule has 3 nitrogen and oxygen atoms in total. The lowest BCUT2D eigenvalue weighted by Crippen LogP contribution is -2.29. The van der Waals surface area contributed by atoms with Crippen molar-refractivity contribution >= 4 is 17.2 Å². The summed E-state index contributed by atoms with van der Waals surface area (Å²) in [6.07, 6.45) is 3.89. The number of rotatable bonds is 5. The van der Waals surface area contributed by atoms with Crippen molar-refractivity contribution in [1.82, 2.24) is 5.32 Å². The predicted octanol–water partition coefficient (Wildman–Crippen LogP) is 3.99. The van der Waals surface area contributed by atoms with Gasteiger partial charge < -0.3 is 10.1 Å². The van der Waals surface area contributed by atoms with Crippen LogP contribution in [0.1, 0.15) is 30.6 Å². The van der Waals surface area contributed by atoms with E-state index in [0.29, 0.717) is 13.0 Å². The average molecular weight is 315 g/mol. The van der Waals surface area contributed by atoms with E-state index < -0.39 is 0 Å². The molecule has 0 spiro atoms. The van der Waals surface area contributed by atoms with Crippen LogP contribution in [0, 0.1) is 0 Å². The fourth-order valence-electron chi connectivity index (χ4n) is 2.66. The van der Waals surface area contributed by atoms with E-state index in [9.17, 15) is 4.79 Å². The largest absolute Gasteiger partial charge is 0.378 e. The maximum atomic E-state index is 12.0. The molecule has 1 saturated heterocycles. The van der Waals surface area contributed by atoms with E-state index in [1.54, 1.807) is 11.3 Å². The van der Waals surface area contributed by atoms with E-state index in [1.807, 2.05) is 18.2 Å². The molecule has 1 amide bonds. The zero-order chi connectivity index (χ0) is 15.2. The number of nitrogens with one attached hydrogen (secondary N) is 1. The van der Waals surface area contributed by atoms with Gasteiger partial charge in [0.05, 0.1) is 19.1 Å². The summed E-state index contributed by atoms with van der Waals surface area (Å²) >= 11 is 1.73. The zero-order valence-electron chi connectivity index (χ0n) is 12.6. The molecule has 1 aromatic carbocycles. The first-order valence-corrected chi connectivity index (χ1v) is 8.65. The highest BCUT2D eigenvalue weighted by atomic mass is 32.1. The predicted molar refractivity (Wildman–Crippen MR) is 89.8 cm³/mol. The molecule has 4 heteroatoms. The number of hydrogen-bond donors (Lipinski definition) is 1. The highest BCUT2D eigenvalue weighted by Crippen LogP contribution is 2.27. The Morgan fingerprint density at radius 3 is 2.82 bits per heavy atom. The number of carbonyl (C=O) groups excluding carboxylic acids is 1. The van der Waals surface area contributed by atoms with E-state index in [1.165, 1.54) is 21.7 Å². The van der Waals surface area contributed by atoms with E-state index in [2.05, 4.69) is 29.6 Å². The van der Waals surface area contributed by atoms with Crippen LogP contribution in [0.25, 0.3) is 10.4 Å². The zero-order valence-corrected chi connectivity index (χ0v) is 13.4. The van der Waals surface area contributed by atoms with Crippen LogP contribution in [0.3, 0.4) is 0 Å². The molecular formula is C18H21NO2S. The minimum atomic E-state index is 0.0848. The van der Waals surface area contributed by atoms with Gasteiger partial charge in [0, 0.05) is 16.4 Å². The van der Waals surface area contributed by atoms with Gasteiger partial charge in [0.1, 0.15) is 0 Å². The molecule has 1 atom stereocenters. The summed E-state index contributed by atoms with van der Waals surface area (Å²) < 4.78 is 5.60. The molecule has 2 aromatic rings. The molecule has 0 aliphatic carbocycles. The molecule has 2 heterocycles. The second-order valence-corrected chi connectivity index (χ2v) is 6.77. The van der Waals surface area contributed by atoms with Gasteiger partial charge >= 0.3 is 0 Å². The van der Waals surface area contributed by atoms with Crippen LogP contribution < -0.4 is 5.32 Å². The van der Waals surface area contributed by atoms with Crippen LogP contribution in [-0.4, -0.2) is 18.6 Å². The minimum absolute atomic E-state index is 0.0848. The molecule has 1 aliphatic heterocycles. The number of benzene rings is 1. The molecular weight excluding hydrogens is 294 g/mol. The lowest BCUT2D eigenvalue weighted by atomic mass is 10.1. The standard InChI is InChI=1S/C18H21NO2S/c20-18(12-15-8-4-5-11-21-15)19-13-16-9-10-17(22-16)14-6-2-1-3-7-14/h1-3,6-7,9-10,15H,4-5,8,11-13H2,(H,19,20). The molecule has 0 saturated carbocycles. The van der Waals surface area contributed by atoms with Gasteiger partial charge in [-0.15, -0.1) is 11.3 Å². The van der Waals surface area contributed by atoms with Crippen molar-refractivity contribution in [1.29, 1.82) is 0 Å². The molecule has 0 bridgehead atoms. The molecule has 1 fully saturated rings. The van der Waals surface area contributed by atoms with Crippen LogP contribution in [0.15, 0.2) is 42.5 Å². The van der Waals surface area contributed by atoms with Gasteiger partial charge in [-0.1, -0.05) is 30.3 Å². The number of carbonyl (C=O) groups is 1. The first kappa shape index (κ1) is 15.3. The van der Waals surface area contributed by atoms with Gasteiger partial charge in [-0.25, -0.2) is 0 Å². The van der Waals surface area contributed by atoms with Crippen LogP contribution in [-0.2, 0) is 16.1 Å². The van der Waals surface area contributed by atoms with Crippen LogP contribution in [0.5, 0.6) is 0 Å². The smallest absolute Gasteiger partial charge is 0.222 e. The van der Waals surface area contributed by atoms with Gasteiger partial charge in [-0.3, -0.25) is 4.79 Å². The lowest BCUT2D eigenvalue weighted by Gasteiger charge is -2.21. The summed E-state index contributed by atoms with van der Waals surface area (Å²) in [5, 5.41) is 3.00. The number of amides is 1. The van der Waals surface area contributed by atoms with Crippen LogP contribution >= 0.6 is 11.3 Å². The van der Waals surface area contributed by atoms with Gasteiger partial charge in [0.15, 0.2) is 0 Å². The van der Waals surface area contributed by atoms with Crippen molar-refractivity contribution in [3.05, 3.63) is 47.3 Å². The van der Waals surface area contributed by atoms with Gasteiger partial charge in [0.25, 0.3) is 0 Å². The van der Waals surface area contributed by atoms with Crippen LogP contribution in [0.2, 0.25) is 0 Å². The number of thiophene rings is 1. The third-order valence-electron chi connectivity index (χ3n) is 3.87. The van der Waals surface area contributed by atoms with Crippen molar-refractivity contribution in [2.75, 3.05) is 6.61 Å². The fraction of sp³-hybridized carbons (Fsp3) is 0.389. The molecule has 1 N–H and O–H groups in total. The van der Waals surface area contributed by atoms with Gasteiger partial charge in [-0.05, 0) is 37.0 Å². The van der Waals surface area contributed by atoms with Gasteiger partial charge in [-0.2, -0.15) is 0 Å². The second-order valence-electron chi connectivity index (χ2n) is 5.60. The Kier molecular flexibility index (Phi) is 5.24. The molecule has 0 radical (unpaired) electrons. The maximum Gasteiger partial charge on any atom is 0.222 e. The van der Waals surface area contributed by atoms with Crippen molar-refractivity contribution < 1.29 is 9.53 Å². The Hall–Kier alpha value is -1.65. The molecule has 22 heavy (non-hydrogen) atoms. The van der Waals surface area contributed by atoms with Crippen molar-refractivity contribution in [2.24, 2.45) is 0 Å². The molecule has 1 unspecified atom stereocenters. The maximum absolute atomic E-state index is 12.0. The summed E-state index contributed by atoms with van der Waals surface area (Å²) in [6, 6.07) is 14.5. The quantitative estimate of drug-likeness (QED) is 0.906. The van der Waals surface area contributed by atoms with Crippen molar-refractivity contribution in [3.8, 4) is 10.4 Å². The normalized spacial score (nSPS) is 18.1. The molecule has 3 rings (SSSR count). The summed E-state index contributed by atoms with van der Waals surface area (Å²) in [5.41, 5.74) is 1.22. The Morgan fingerprint density at radius 2 is 2.05 bits per heavy atom. The van der Waals surface area contributed by atoms with Crippen molar-refractivity contribution in [3.63, 3.8) is 0 Å². The summed E-state index contributed by atoms with van der Waals surface area (Å²) in [4.78, 5) is 14.4. The molecule has 1 aliphatic rings. The fourth-order valence-corrected chi connectivity index (χ4v) is 3.62. The van der Waals surface area contributed by atoms with E-state index in [0.717, 1.165) is 19.4 Å². The molecule has 1 aromatic heterocycles. The Morgan fingerprint density at radius 1 is 1.18 bits per heavy atom. The van der Waals surface area contributed by atoms with E-state index in [-0.39, 0.29) is 12.0 Å². The number of hydrogen-bond acceptors (Lipinski definition) is 3. The Bertz CT molecular complexity index is 603. The monoisotopic (exact) mass is 315 g/mol. The van der Waals surface area contributed by atoms with E-state index in [4.69, 9.17) is 4.74 Å². The summed E-state index contributed by atoms with van der Waals surface area (Å²) in [7, 11) is 0. The minimum Gasteiger partial charge on any atom is -0.378 e. The third-order valence-corrected chi connectivity index (χ3v) is 5.00. The highest BCUT2D eigenvalue weighted by molar-refractivity contribution is 7.15. The van der Waals surface area contributed by atoms with Gasteiger partial charge in [0.2, 0.25) is 5.91 Å². The summed E-state index contributed by atoms with van der Waals surface area (Å²) in [5.74, 6) is 0.0848. The van der Waals surface area contributed by atoms with E-state index >= 15 is 0 Å². The first-order chi connectivity index (χ1) is 10.8. The topological polar surface area (TPSA) is 38.3 Å². The van der Waals surface area contributed by atoms with Crippen molar-refractivity contribution in [2.45, 2.75) is 38.3 Å². The summed E-state index contributed by atoms with van der Waals surface area (Å²) in [6.45, 7) is 1.40. The Balaban J connectivity index is 1.49. The Labute approximate surface area is 135 Å². The highest BCUT2D eigenvalue weighted by Gasteiger charge is 2.17. The second kappa shape index (κ2) is 7.56. The number of ether oxygens (including phenoxy) is 1. The van der Waals surface area contributed by atoms with Crippen LogP contribution in [0.4, 0.5) is 0 Å². The average Bonchev–Trinajstić information content (AvgIpc) is 3.04. The molecule has 116 valence electrons. The first-order valence-electron chi connectivity index (χ1n) is 7.84. The SMILES string of the molecule is O=C(CC1CCCCO1)NCc1ccc(-c2ccccc2)s1.